The quantitative estimate of drug-likeness (QED) is 0.0405. The average molecular weight is 910 g/mol. The van der Waals surface area contributed by atoms with Crippen molar-refractivity contribution < 1.29 is 25.5 Å². The van der Waals surface area contributed by atoms with Crippen molar-refractivity contribution in [2.75, 3.05) is 4.90 Å². The minimum Gasteiger partial charge on any atom is -0.507 e. The summed E-state index contributed by atoms with van der Waals surface area (Å²) in [5.41, 5.74) is 9.43. The highest BCUT2D eigenvalue weighted by atomic mass is 16.3. The van der Waals surface area contributed by atoms with E-state index in [1.54, 1.807) is 29.2 Å². The van der Waals surface area contributed by atoms with Gasteiger partial charge in [0.25, 0.3) is 0 Å². The monoisotopic (exact) mass is 909 g/mol. The number of hydrogen-bond acceptors (Lipinski definition) is 6. The Morgan fingerprint density at radius 3 is 1.57 bits per heavy atom. The number of fused-ring (bicyclic) bond motifs is 6. The van der Waals surface area contributed by atoms with Crippen LogP contribution in [0.5, 0.6) is 28.7 Å². The van der Waals surface area contributed by atoms with Gasteiger partial charge in [-0.1, -0.05) is 207 Å². The molecule has 0 saturated carbocycles. The zero-order valence-corrected chi connectivity index (χ0v) is 38.3. The van der Waals surface area contributed by atoms with Crippen LogP contribution in [0.25, 0.3) is 66.1 Å². The molecule has 338 valence electrons. The standard InChI is InChI=1S/C64H47NO5/c1-3-4-7-20-40(2)64(43-23-10-6-11-24-43)54-32-19-18-29-50(54)51-38-37-45(39-55(51)64)65(44-35-33-42(34-36-44)47-26-13-12-25-46(47)41-21-8-5-9-22-41)58-62(69)60(67)57(61(68)63(58)70)56-52-30-16-14-27-48(52)49-28-15-17-31-53(49)59(56)66/h3-39,66-70H,2H2,1H3/b4-3-,20-7-. The summed E-state index contributed by atoms with van der Waals surface area (Å²) in [4.78, 5) is 1.65. The van der Waals surface area contributed by atoms with E-state index in [1.807, 2.05) is 159 Å². The Labute approximate surface area is 406 Å². The Morgan fingerprint density at radius 1 is 0.429 bits per heavy atom. The molecule has 1 aliphatic rings. The van der Waals surface area contributed by atoms with Gasteiger partial charge in [0.2, 0.25) is 0 Å². The molecule has 0 spiro atoms. The van der Waals surface area contributed by atoms with Crippen molar-refractivity contribution >= 4 is 38.6 Å². The molecule has 11 rings (SSSR count). The van der Waals surface area contributed by atoms with Gasteiger partial charge in [-0.3, -0.25) is 0 Å². The van der Waals surface area contributed by atoms with Crippen LogP contribution in [0.3, 0.4) is 0 Å². The number of phenolic OH excluding ortho intramolecular Hbond substituents is 5. The first-order chi connectivity index (χ1) is 34.2. The largest absolute Gasteiger partial charge is 0.507 e. The molecule has 0 aliphatic heterocycles. The third-order valence-corrected chi connectivity index (χ3v) is 13.8. The number of benzene rings is 10. The molecule has 0 saturated heterocycles. The lowest BCUT2D eigenvalue weighted by Crippen LogP contribution is -2.28. The summed E-state index contributed by atoms with van der Waals surface area (Å²) in [6, 6.07) is 65.3. The molecule has 70 heavy (non-hydrogen) atoms. The first-order valence-electron chi connectivity index (χ1n) is 23.2. The topological polar surface area (TPSA) is 104 Å². The molecule has 5 N–H and O–H groups in total. The van der Waals surface area contributed by atoms with Crippen LogP contribution in [-0.2, 0) is 5.41 Å². The van der Waals surface area contributed by atoms with Crippen molar-refractivity contribution in [3.8, 4) is 73.3 Å². The average Bonchev–Trinajstić information content (AvgIpc) is 3.71. The SMILES string of the molecule is C=C(/C=C\C=C/C)C1(c2ccccc2)c2ccccc2-c2ccc(N(c3ccc(-c4ccccc4-c4ccccc4)cc3)c3c(O)c(O)c(-c4c(O)c5ccccc5c5ccccc45)c(O)c3O)cc21. The molecule has 6 nitrogen and oxygen atoms in total. The summed E-state index contributed by atoms with van der Waals surface area (Å²) in [5, 5.41) is 64.3. The highest BCUT2D eigenvalue weighted by Gasteiger charge is 2.46. The first-order valence-corrected chi connectivity index (χ1v) is 23.2. The van der Waals surface area contributed by atoms with E-state index in [2.05, 4.69) is 48.5 Å². The number of anilines is 3. The molecule has 1 unspecified atom stereocenters. The highest BCUT2D eigenvalue weighted by molar-refractivity contribution is 6.19. The van der Waals surface area contributed by atoms with Gasteiger partial charge in [-0.25, -0.2) is 0 Å². The molecule has 10 aromatic carbocycles. The smallest absolute Gasteiger partial charge is 0.186 e. The maximum absolute atomic E-state index is 12.6. The van der Waals surface area contributed by atoms with Gasteiger partial charge in [0.15, 0.2) is 23.0 Å². The van der Waals surface area contributed by atoms with E-state index in [0.29, 0.717) is 22.1 Å². The highest BCUT2D eigenvalue weighted by Crippen LogP contribution is 2.62. The lowest BCUT2D eigenvalue weighted by Gasteiger charge is -2.35. The number of allylic oxidation sites excluding steroid dienone is 5. The van der Waals surface area contributed by atoms with Crippen LogP contribution in [0.15, 0.2) is 237 Å². The fourth-order valence-electron chi connectivity index (χ4n) is 10.7. The normalized spacial score (nSPS) is 14.1. The van der Waals surface area contributed by atoms with E-state index < -0.39 is 28.4 Å². The Bertz CT molecular complexity index is 3720. The van der Waals surface area contributed by atoms with Crippen LogP contribution in [0, 0.1) is 0 Å². The molecule has 0 fully saturated rings. The van der Waals surface area contributed by atoms with Crippen molar-refractivity contribution in [1.29, 1.82) is 0 Å². The second-order valence-corrected chi connectivity index (χ2v) is 17.5. The molecule has 0 heterocycles. The second kappa shape index (κ2) is 17.4. The second-order valence-electron chi connectivity index (χ2n) is 17.5. The van der Waals surface area contributed by atoms with Gasteiger partial charge in [0.1, 0.15) is 11.4 Å². The summed E-state index contributed by atoms with van der Waals surface area (Å²) in [5.74, 6) is -3.11. The summed E-state index contributed by atoms with van der Waals surface area (Å²) in [7, 11) is 0. The van der Waals surface area contributed by atoms with E-state index in [4.69, 9.17) is 6.58 Å². The van der Waals surface area contributed by atoms with Gasteiger partial charge in [-0.2, -0.15) is 0 Å². The molecule has 6 heteroatoms. The Balaban J connectivity index is 1.17. The van der Waals surface area contributed by atoms with Crippen molar-refractivity contribution in [1.82, 2.24) is 0 Å². The number of hydrogen-bond donors (Lipinski definition) is 5. The van der Waals surface area contributed by atoms with Gasteiger partial charge in [0.05, 0.1) is 11.0 Å². The Hall–Kier alpha value is -9.26. The molecule has 10 aromatic rings. The third kappa shape index (κ3) is 6.72. The molecule has 0 aromatic heterocycles. The predicted molar refractivity (Wildman–Crippen MR) is 286 cm³/mol. The van der Waals surface area contributed by atoms with E-state index >= 15 is 0 Å². The van der Waals surface area contributed by atoms with Gasteiger partial charge < -0.3 is 30.4 Å². The first kappa shape index (κ1) is 43.3. The maximum atomic E-state index is 12.6. The third-order valence-electron chi connectivity index (χ3n) is 13.8. The molecular formula is C64H47NO5. The molecular weight excluding hydrogens is 863 g/mol. The number of rotatable bonds is 10. The van der Waals surface area contributed by atoms with Crippen LogP contribution in [0.2, 0.25) is 0 Å². The van der Waals surface area contributed by atoms with E-state index in [-0.39, 0.29) is 22.6 Å². The zero-order valence-electron chi connectivity index (χ0n) is 38.3. The van der Waals surface area contributed by atoms with E-state index in [9.17, 15) is 25.5 Å². The van der Waals surface area contributed by atoms with Crippen LogP contribution < -0.4 is 4.90 Å². The van der Waals surface area contributed by atoms with Crippen LogP contribution >= 0.6 is 0 Å². The van der Waals surface area contributed by atoms with Gasteiger partial charge >= 0.3 is 0 Å². The van der Waals surface area contributed by atoms with E-state index in [1.165, 1.54) is 0 Å². The van der Waals surface area contributed by atoms with Crippen molar-refractivity contribution in [3.63, 3.8) is 0 Å². The summed E-state index contributed by atoms with van der Waals surface area (Å²) in [6.45, 7) is 6.72. The minimum atomic E-state index is -0.884. The van der Waals surface area contributed by atoms with Gasteiger partial charge in [-0.15, -0.1) is 0 Å². The number of aromatic hydroxyl groups is 5. The van der Waals surface area contributed by atoms with Crippen LogP contribution in [-0.4, -0.2) is 25.5 Å². The minimum absolute atomic E-state index is 0.0573. The zero-order chi connectivity index (χ0) is 48.1. The summed E-state index contributed by atoms with van der Waals surface area (Å²) >= 11 is 0. The lowest BCUT2D eigenvalue weighted by molar-refractivity contribution is 0.377. The molecule has 0 bridgehead atoms. The summed E-state index contributed by atoms with van der Waals surface area (Å²) < 4.78 is 0. The number of nitrogens with zero attached hydrogens (tertiary/aromatic N) is 1. The van der Waals surface area contributed by atoms with Crippen molar-refractivity contribution in [2.45, 2.75) is 12.3 Å². The predicted octanol–water partition coefficient (Wildman–Crippen LogP) is 16.0. The molecule has 1 aliphatic carbocycles. The Kier molecular flexibility index (Phi) is 10.8. The fourth-order valence-corrected chi connectivity index (χ4v) is 10.7. The Morgan fingerprint density at radius 2 is 0.929 bits per heavy atom. The number of phenols is 5. The fraction of sp³-hybridized carbons (Fsp3) is 0.0312. The maximum Gasteiger partial charge on any atom is 0.186 e. The molecule has 0 amide bonds. The van der Waals surface area contributed by atoms with Gasteiger partial charge in [0, 0.05) is 22.3 Å². The molecule has 0 radical (unpaired) electrons. The van der Waals surface area contributed by atoms with Crippen LogP contribution in [0.1, 0.15) is 23.6 Å². The van der Waals surface area contributed by atoms with Crippen molar-refractivity contribution in [2.24, 2.45) is 0 Å². The molecule has 1 atom stereocenters. The van der Waals surface area contributed by atoms with E-state index in [0.717, 1.165) is 66.4 Å². The lowest BCUT2D eigenvalue weighted by atomic mass is 9.67. The summed E-state index contributed by atoms with van der Waals surface area (Å²) in [6.07, 6.45) is 7.96. The van der Waals surface area contributed by atoms with Gasteiger partial charge in [-0.05, 0) is 103 Å². The van der Waals surface area contributed by atoms with Crippen molar-refractivity contribution in [3.05, 3.63) is 253 Å². The van der Waals surface area contributed by atoms with Crippen LogP contribution in [0.4, 0.5) is 17.1 Å².